The van der Waals surface area contributed by atoms with E-state index in [1.807, 2.05) is 67.6 Å². The van der Waals surface area contributed by atoms with Gasteiger partial charge in [-0.15, -0.1) is 0 Å². The summed E-state index contributed by atoms with van der Waals surface area (Å²) in [5.41, 5.74) is 3.41. The Morgan fingerprint density at radius 1 is 1.15 bits per heavy atom. The van der Waals surface area contributed by atoms with E-state index in [4.69, 9.17) is 4.74 Å². The Kier molecular flexibility index (Phi) is 9.68. The second-order valence-electron chi connectivity index (χ2n) is 10.5. The van der Waals surface area contributed by atoms with Crippen molar-refractivity contribution in [3.8, 4) is 5.75 Å². The number of rotatable bonds is 9. The SMILES string of the molecule is C[C@H](CO)N1C[C@H](C)[C@@H](CN(C)Cc2ccncc2)Oc2ccc(NC(=O)Cc3ccccc3)cc2CC1=O. The van der Waals surface area contributed by atoms with Crippen LogP contribution >= 0.6 is 0 Å². The number of amides is 2. The van der Waals surface area contributed by atoms with Gasteiger partial charge in [-0.3, -0.25) is 19.5 Å². The van der Waals surface area contributed by atoms with E-state index in [9.17, 15) is 14.7 Å². The van der Waals surface area contributed by atoms with Crippen LogP contribution < -0.4 is 10.1 Å². The molecule has 4 rings (SSSR count). The van der Waals surface area contributed by atoms with E-state index in [1.54, 1.807) is 17.3 Å². The zero-order valence-corrected chi connectivity index (χ0v) is 22.9. The predicted octanol–water partition coefficient (Wildman–Crippen LogP) is 3.54. The minimum absolute atomic E-state index is 0.0130. The van der Waals surface area contributed by atoms with Crippen molar-refractivity contribution in [3.63, 3.8) is 0 Å². The van der Waals surface area contributed by atoms with Gasteiger partial charge < -0.3 is 20.1 Å². The van der Waals surface area contributed by atoms with Crippen LogP contribution in [0, 0.1) is 5.92 Å². The number of ether oxygens (including phenoxy) is 1. The molecule has 2 aromatic carbocycles. The molecule has 0 radical (unpaired) electrons. The Bertz CT molecular complexity index is 1240. The summed E-state index contributed by atoms with van der Waals surface area (Å²) in [4.78, 5) is 34.2. The maximum absolute atomic E-state index is 13.4. The lowest BCUT2D eigenvalue weighted by Gasteiger charge is -2.34. The maximum Gasteiger partial charge on any atom is 0.228 e. The van der Waals surface area contributed by atoms with Crippen molar-refractivity contribution in [3.05, 3.63) is 89.7 Å². The van der Waals surface area contributed by atoms with E-state index in [2.05, 4.69) is 29.2 Å². The Hall–Kier alpha value is -3.75. The Balaban J connectivity index is 1.56. The van der Waals surface area contributed by atoms with Gasteiger partial charge in [-0.1, -0.05) is 37.3 Å². The minimum Gasteiger partial charge on any atom is -0.488 e. The highest BCUT2D eigenvalue weighted by Gasteiger charge is 2.31. The molecule has 39 heavy (non-hydrogen) atoms. The number of pyridine rings is 1. The third-order valence-corrected chi connectivity index (χ3v) is 7.10. The van der Waals surface area contributed by atoms with Gasteiger partial charge in [-0.2, -0.15) is 0 Å². The molecule has 8 nitrogen and oxygen atoms in total. The van der Waals surface area contributed by atoms with Crippen LogP contribution in [0.4, 0.5) is 5.69 Å². The van der Waals surface area contributed by atoms with Gasteiger partial charge in [0.1, 0.15) is 11.9 Å². The number of likely N-dealkylation sites (N-methyl/N-ethyl adjacent to an activating group) is 1. The van der Waals surface area contributed by atoms with Crippen LogP contribution in [0.3, 0.4) is 0 Å². The molecule has 3 aromatic rings. The summed E-state index contributed by atoms with van der Waals surface area (Å²) in [6.07, 6.45) is 3.75. The van der Waals surface area contributed by atoms with Gasteiger partial charge >= 0.3 is 0 Å². The highest BCUT2D eigenvalue weighted by molar-refractivity contribution is 5.92. The van der Waals surface area contributed by atoms with Crippen molar-refractivity contribution in [2.75, 3.05) is 32.1 Å². The normalized spacial score (nSPS) is 18.4. The van der Waals surface area contributed by atoms with E-state index in [0.717, 1.165) is 17.7 Å². The topological polar surface area (TPSA) is 95.0 Å². The predicted molar refractivity (Wildman–Crippen MR) is 151 cm³/mol. The molecule has 0 saturated carbocycles. The molecule has 0 bridgehead atoms. The van der Waals surface area contributed by atoms with E-state index < -0.39 is 0 Å². The monoisotopic (exact) mass is 530 g/mol. The molecule has 2 heterocycles. The summed E-state index contributed by atoms with van der Waals surface area (Å²) in [6, 6.07) is 18.7. The number of hydrogen-bond acceptors (Lipinski definition) is 6. The van der Waals surface area contributed by atoms with E-state index in [0.29, 0.717) is 30.1 Å². The third kappa shape index (κ3) is 7.88. The number of aliphatic hydroxyl groups is 1. The molecule has 0 fully saturated rings. The largest absolute Gasteiger partial charge is 0.488 e. The molecule has 1 aliphatic heterocycles. The molecule has 1 aliphatic rings. The van der Waals surface area contributed by atoms with Crippen LogP contribution in [0.5, 0.6) is 5.75 Å². The number of carbonyl (C=O) groups is 2. The number of aliphatic hydroxyl groups excluding tert-OH is 1. The van der Waals surface area contributed by atoms with Crippen LogP contribution in [-0.2, 0) is 29.0 Å². The van der Waals surface area contributed by atoms with Crippen molar-refractivity contribution in [1.82, 2.24) is 14.8 Å². The number of benzene rings is 2. The molecule has 8 heteroatoms. The van der Waals surface area contributed by atoms with E-state index >= 15 is 0 Å². The highest BCUT2D eigenvalue weighted by Crippen LogP contribution is 2.29. The lowest BCUT2D eigenvalue weighted by Crippen LogP contribution is -2.47. The quantitative estimate of drug-likeness (QED) is 0.440. The Labute approximate surface area is 230 Å². The van der Waals surface area contributed by atoms with E-state index in [1.165, 1.54) is 0 Å². The zero-order chi connectivity index (χ0) is 27.8. The average molecular weight is 531 g/mol. The fourth-order valence-corrected chi connectivity index (χ4v) is 4.88. The summed E-state index contributed by atoms with van der Waals surface area (Å²) in [7, 11) is 2.05. The lowest BCUT2D eigenvalue weighted by molar-refractivity contribution is -0.134. The van der Waals surface area contributed by atoms with Gasteiger partial charge in [-0.25, -0.2) is 0 Å². The molecule has 0 saturated heterocycles. The first-order valence-electron chi connectivity index (χ1n) is 13.4. The van der Waals surface area contributed by atoms with Crippen molar-refractivity contribution in [2.45, 2.75) is 45.4 Å². The van der Waals surface area contributed by atoms with Gasteiger partial charge in [0, 0.05) is 49.2 Å². The second-order valence-corrected chi connectivity index (χ2v) is 10.5. The number of carbonyl (C=O) groups excluding carboxylic acids is 2. The zero-order valence-electron chi connectivity index (χ0n) is 22.9. The second kappa shape index (κ2) is 13.4. The number of hydrogen-bond donors (Lipinski definition) is 2. The van der Waals surface area contributed by atoms with Gasteiger partial charge in [-0.05, 0) is 55.4 Å². The van der Waals surface area contributed by atoms with Gasteiger partial charge in [0.2, 0.25) is 11.8 Å². The number of aromatic nitrogens is 1. The average Bonchev–Trinajstić information content (AvgIpc) is 2.97. The van der Waals surface area contributed by atoms with Crippen LogP contribution in [0.25, 0.3) is 0 Å². The summed E-state index contributed by atoms with van der Waals surface area (Å²) < 4.78 is 6.60. The molecular weight excluding hydrogens is 492 g/mol. The standard InChI is InChI=1S/C31H38N4O4/c1-22-18-35(23(2)21-36)31(38)17-26-16-27(33-30(37)15-24-7-5-4-6-8-24)9-10-28(26)39-29(22)20-34(3)19-25-11-13-32-14-12-25/h4-14,16,22-23,29,36H,15,17-21H2,1-3H3,(H,33,37)/t22-,23+,29+/m0/s1. The lowest BCUT2D eigenvalue weighted by atomic mass is 10.0. The summed E-state index contributed by atoms with van der Waals surface area (Å²) in [5, 5.41) is 12.8. The summed E-state index contributed by atoms with van der Waals surface area (Å²) >= 11 is 0. The summed E-state index contributed by atoms with van der Waals surface area (Å²) in [5.74, 6) is 0.444. The number of nitrogens with zero attached hydrogens (tertiary/aromatic N) is 3. The number of anilines is 1. The molecule has 2 N–H and O–H groups in total. The third-order valence-electron chi connectivity index (χ3n) is 7.10. The molecule has 3 atom stereocenters. The Morgan fingerprint density at radius 3 is 2.62 bits per heavy atom. The van der Waals surface area contributed by atoms with Crippen molar-refractivity contribution < 1.29 is 19.4 Å². The first-order valence-corrected chi connectivity index (χ1v) is 13.4. The fourth-order valence-electron chi connectivity index (χ4n) is 4.88. The first-order chi connectivity index (χ1) is 18.8. The smallest absolute Gasteiger partial charge is 0.228 e. The van der Waals surface area contributed by atoms with Crippen LogP contribution in [-0.4, -0.2) is 70.6 Å². The number of nitrogens with one attached hydrogen (secondary N) is 1. The summed E-state index contributed by atoms with van der Waals surface area (Å²) in [6.45, 7) is 5.68. The first kappa shape index (κ1) is 28.3. The van der Waals surface area contributed by atoms with Crippen molar-refractivity contribution >= 4 is 17.5 Å². The molecular formula is C31H38N4O4. The molecule has 1 aromatic heterocycles. The molecule has 0 spiro atoms. The highest BCUT2D eigenvalue weighted by atomic mass is 16.5. The maximum atomic E-state index is 13.4. The van der Waals surface area contributed by atoms with Crippen molar-refractivity contribution in [2.24, 2.45) is 5.92 Å². The Morgan fingerprint density at radius 2 is 1.90 bits per heavy atom. The molecule has 0 aliphatic carbocycles. The molecule has 2 amide bonds. The minimum atomic E-state index is -0.314. The van der Waals surface area contributed by atoms with Gasteiger partial charge in [0.15, 0.2) is 0 Å². The van der Waals surface area contributed by atoms with Crippen LogP contribution in [0.15, 0.2) is 73.1 Å². The van der Waals surface area contributed by atoms with Crippen molar-refractivity contribution in [1.29, 1.82) is 0 Å². The fraction of sp³-hybridized carbons (Fsp3) is 0.387. The van der Waals surface area contributed by atoms with Crippen LogP contribution in [0.1, 0.15) is 30.5 Å². The molecule has 0 unspecified atom stereocenters. The van der Waals surface area contributed by atoms with Gasteiger partial charge in [0.05, 0.1) is 25.5 Å². The van der Waals surface area contributed by atoms with Crippen LogP contribution in [0.2, 0.25) is 0 Å². The molecule has 206 valence electrons. The van der Waals surface area contributed by atoms with E-state index in [-0.39, 0.29) is 49.3 Å². The number of fused-ring (bicyclic) bond motifs is 1. The van der Waals surface area contributed by atoms with Gasteiger partial charge in [0.25, 0.3) is 0 Å².